The second kappa shape index (κ2) is 9.16. The zero-order valence-corrected chi connectivity index (χ0v) is 15.8. The van der Waals surface area contributed by atoms with Crippen LogP contribution in [0.1, 0.15) is 32.8 Å². The molecule has 0 bridgehead atoms. The molecule has 1 aliphatic heterocycles. The van der Waals surface area contributed by atoms with Crippen LogP contribution < -0.4 is 15.5 Å². The number of benzene rings is 1. The van der Waals surface area contributed by atoms with E-state index in [0.29, 0.717) is 0 Å². The van der Waals surface area contributed by atoms with Crippen molar-refractivity contribution >= 4 is 29.5 Å². The van der Waals surface area contributed by atoms with E-state index in [4.69, 9.17) is 4.74 Å². The molecule has 1 saturated heterocycles. The zero-order chi connectivity index (χ0) is 20.0. The van der Waals surface area contributed by atoms with E-state index in [-0.39, 0.29) is 24.9 Å². The fourth-order valence-electron chi connectivity index (χ4n) is 2.89. The molecule has 4 amide bonds. The SMILES string of the molecule is CCc1ccccc1N1C[C@H](C(=O)OCC(=O)NC(=O)NC(C)C)CC1=O. The molecule has 0 spiro atoms. The number of aryl methyl sites for hydroxylation is 1. The first-order valence-corrected chi connectivity index (χ1v) is 8.97. The Morgan fingerprint density at radius 2 is 1.96 bits per heavy atom. The molecule has 1 aliphatic rings. The van der Waals surface area contributed by atoms with Crippen LogP contribution >= 0.6 is 0 Å². The highest BCUT2D eigenvalue weighted by Crippen LogP contribution is 2.29. The van der Waals surface area contributed by atoms with Gasteiger partial charge in [-0.2, -0.15) is 0 Å². The van der Waals surface area contributed by atoms with Gasteiger partial charge in [0, 0.05) is 24.7 Å². The minimum atomic E-state index is -0.723. The lowest BCUT2D eigenvalue weighted by Crippen LogP contribution is -2.44. The van der Waals surface area contributed by atoms with Gasteiger partial charge in [0.15, 0.2) is 6.61 Å². The summed E-state index contributed by atoms with van der Waals surface area (Å²) in [6, 6.07) is 6.78. The Morgan fingerprint density at radius 3 is 2.63 bits per heavy atom. The van der Waals surface area contributed by atoms with E-state index in [0.717, 1.165) is 17.7 Å². The molecule has 0 aromatic heterocycles. The number of rotatable bonds is 6. The van der Waals surface area contributed by atoms with Gasteiger partial charge >= 0.3 is 12.0 Å². The molecule has 1 atom stereocenters. The molecule has 0 aliphatic carbocycles. The molecule has 146 valence electrons. The summed E-state index contributed by atoms with van der Waals surface area (Å²) in [7, 11) is 0. The maximum absolute atomic E-state index is 12.3. The van der Waals surface area contributed by atoms with Crippen LogP contribution in [-0.2, 0) is 25.5 Å². The van der Waals surface area contributed by atoms with Gasteiger partial charge in [0.1, 0.15) is 0 Å². The third kappa shape index (κ3) is 5.54. The van der Waals surface area contributed by atoms with Gasteiger partial charge in [-0.15, -0.1) is 0 Å². The number of nitrogens with zero attached hydrogens (tertiary/aromatic N) is 1. The molecule has 8 nitrogen and oxygen atoms in total. The molecule has 1 fully saturated rings. The number of carbonyl (C=O) groups is 4. The first-order chi connectivity index (χ1) is 12.8. The van der Waals surface area contributed by atoms with Gasteiger partial charge in [0.05, 0.1) is 5.92 Å². The van der Waals surface area contributed by atoms with Gasteiger partial charge in [-0.25, -0.2) is 4.79 Å². The predicted molar refractivity (Wildman–Crippen MR) is 99.0 cm³/mol. The number of urea groups is 1. The number of carbonyl (C=O) groups excluding carboxylic acids is 4. The standard InChI is InChI=1S/C19H25N3O5/c1-4-13-7-5-6-8-15(13)22-10-14(9-17(22)24)18(25)27-11-16(23)21-19(26)20-12(2)3/h5-8,12,14H,4,9-11H2,1-3H3,(H2,20,21,23,26)/t14-/m1/s1. The lowest BCUT2D eigenvalue weighted by Gasteiger charge is -2.19. The van der Waals surface area contributed by atoms with Crippen molar-refractivity contribution in [2.75, 3.05) is 18.1 Å². The minimum Gasteiger partial charge on any atom is -0.455 e. The van der Waals surface area contributed by atoms with Crippen LogP contribution in [0.25, 0.3) is 0 Å². The fraction of sp³-hybridized carbons (Fsp3) is 0.474. The third-order valence-electron chi connectivity index (χ3n) is 4.14. The molecule has 27 heavy (non-hydrogen) atoms. The maximum Gasteiger partial charge on any atom is 0.321 e. The van der Waals surface area contributed by atoms with Crippen LogP contribution in [0.15, 0.2) is 24.3 Å². The van der Waals surface area contributed by atoms with E-state index in [9.17, 15) is 19.2 Å². The Balaban J connectivity index is 1.88. The number of hydrogen-bond acceptors (Lipinski definition) is 5. The lowest BCUT2D eigenvalue weighted by atomic mass is 10.1. The number of imide groups is 1. The molecule has 1 aromatic rings. The van der Waals surface area contributed by atoms with Crippen LogP contribution in [0.4, 0.5) is 10.5 Å². The summed E-state index contributed by atoms with van der Waals surface area (Å²) in [6.45, 7) is 5.15. The summed E-state index contributed by atoms with van der Waals surface area (Å²) in [5.74, 6) is -2.14. The van der Waals surface area contributed by atoms with Crippen LogP contribution in [0, 0.1) is 5.92 Å². The van der Waals surface area contributed by atoms with Gasteiger partial charge < -0.3 is 15.0 Å². The van der Waals surface area contributed by atoms with Crippen LogP contribution in [0.3, 0.4) is 0 Å². The molecule has 1 heterocycles. The topological polar surface area (TPSA) is 105 Å². The Labute approximate surface area is 158 Å². The highest BCUT2D eigenvalue weighted by molar-refractivity contribution is 6.00. The summed E-state index contributed by atoms with van der Waals surface area (Å²) in [4.78, 5) is 49.2. The number of ether oxygens (including phenoxy) is 1. The summed E-state index contributed by atoms with van der Waals surface area (Å²) >= 11 is 0. The predicted octanol–water partition coefficient (Wildman–Crippen LogP) is 1.38. The quantitative estimate of drug-likeness (QED) is 0.731. The van der Waals surface area contributed by atoms with Crippen molar-refractivity contribution in [1.29, 1.82) is 0 Å². The molecular formula is C19H25N3O5. The number of para-hydroxylation sites is 1. The number of hydrogen-bond donors (Lipinski definition) is 2. The largest absolute Gasteiger partial charge is 0.455 e. The Bertz CT molecular complexity index is 732. The highest BCUT2D eigenvalue weighted by atomic mass is 16.5. The monoisotopic (exact) mass is 375 g/mol. The highest BCUT2D eigenvalue weighted by Gasteiger charge is 2.37. The average Bonchev–Trinajstić information content (AvgIpc) is 3.00. The van der Waals surface area contributed by atoms with Gasteiger partial charge in [0.25, 0.3) is 5.91 Å². The van der Waals surface area contributed by atoms with Crippen molar-refractivity contribution < 1.29 is 23.9 Å². The van der Waals surface area contributed by atoms with Crippen molar-refractivity contribution in [3.8, 4) is 0 Å². The number of anilines is 1. The molecule has 0 saturated carbocycles. The summed E-state index contributed by atoms with van der Waals surface area (Å²) < 4.78 is 4.97. The smallest absolute Gasteiger partial charge is 0.321 e. The summed E-state index contributed by atoms with van der Waals surface area (Å²) in [5, 5.41) is 4.57. The minimum absolute atomic E-state index is 0.0341. The molecule has 2 N–H and O–H groups in total. The molecule has 0 unspecified atom stereocenters. The number of esters is 1. The van der Waals surface area contributed by atoms with Crippen LogP contribution in [-0.4, -0.2) is 43.0 Å². The van der Waals surface area contributed by atoms with Crippen molar-refractivity contribution in [2.45, 2.75) is 39.7 Å². The Hall–Kier alpha value is -2.90. The maximum atomic E-state index is 12.3. The van der Waals surface area contributed by atoms with Crippen molar-refractivity contribution in [3.05, 3.63) is 29.8 Å². The van der Waals surface area contributed by atoms with E-state index in [2.05, 4.69) is 10.6 Å². The second-order valence-corrected chi connectivity index (χ2v) is 6.67. The van der Waals surface area contributed by atoms with E-state index in [1.165, 1.54) is 0 Å². The van der Waals surface area contributed by atoms with E-state index in [1.54, 1.807) is 18.7 Å². The van der Waals surface area contributed by atoms with Crippen molar-refractivity contribution in [1.82, 2.24) is 10.6 Å². The van der Waals surface area contributed by atoms with E-state index < -0.39 is 30.4 Å². The lowest BCUT2D eigenvalue weighted by molar-refractivity contribution is -0.152. The number of amides is 4. The van der Waals surface area contributed by atoms with Crippen molar-refractivity contribution in [2.24, 2.45) is 5.92 Å². The summed E-state index contributed by atoms with van der Waals surface area (Å²) in [6.07, 6.45) is 0.806. The molecule has 1 aromatic carbocycles. The van der Waals surface area contributed by atoms with Gasteiger partial charge in [0.2, 0.25) is 5.91 Å². The Morgan fingerprint density at radius 1 is 1.26 bits per heavy atom. The average molecular weight is 375 g/mol. The summed E-state index contributed by atoms with van der Waals surface area (Å²) in [5.41, 5.74) is 1.82. The third-order valence-corrected chi connectivity index (χ3v) is 4.14. The van der Waals surface area contributed by atoms with E-state index in [1.807, 2.05) is 31.2 Å². The van der Waals surface area contributed by atoms with Gasteiger partial charge in [-0.1, -0.05) is 25.1 Å². The van der Waals surface area contributed by atoms with Gasteiger partial charge in [-0.05, 0) is 31.9 Å². The van der Waals surface area contributed by atoms with Crippen LogP contribution in [0.5, 0.6) is 0 Å². The van der Waals surface area contributed by atoms with Gasteiger partial charge in [-0.3, -0.25) is 19.7 Å². The molecule has 2 rings (SSSR count). The van der Waals surface area contributed by atoms with Crippen LogP contribution in [0.2, 0.25) is 0 Å². The first kappa shape index (κ1) is 20.4. The van der Waals surface area contributed by atoms with E-state index >= 15 is 0 Å². The zero-order valence-electron chi connectivity index (χ0n) is 15.8. The molecule has 0 radical (unpaired) electrons. The van der Waals surface area contributed by atoms with Crippen molar-refractivity contribution in [3.63, 3.8) is 0 Å². The molecule has 8 heteroatoms. The number of nitrogens with one attached hydrogen (secondary N) is 2. The Kier molecular flexibility index (Phi) is 6.92. The second-order valence-electron chi connectivity index (χ2n) is 6.67. The first-order valence-electron chi connectivity index (χ1n) is 8.97. The normalized spacial score (nSPS) is 16.4. The molecular weight excluding hydrogens is 350 g/mol. The fourth-order valence-corrected chi connectivity index (χ4v) is 2.89.